The Bertz CT molecular complexity index is 820. The Morgan fingerprint density at radius 2 is 2.00 bits per heavy atom. The highest BCUT2D eigenvalue weighted by Crippen LogP contribution is 2.30. The van der Waals surface area contributed by atoms with Crippen molar-refractivity contribution in [3.05, 3.63) is 54.1 Å². The first-order valence-corrected chi connectivity index (χ1v) is 9.86. The van der Waals surface area contributed by atoms with Gasteiger partial charge in [0.2, 0.25) is 0 Å². The first-order valence-electron chi connectivity index (χ1n) is 9.86. The van der Waals surface area contributed by atoms with Gasteiger partial charge in [-0.05, 0) is 30.2 Å². The number of halogens is 1. The third-order valence-electron chi connectivity index (χ3n) is 5.39. The molecule has 2 atom stereocenters. The van der Waals surface area contributed by atoms with Crippen molar-refractivity contribution in [2.45, 2.75) is 25.0 Å². The van der Waals surface area contributed by atoms with Crippen LogP contribution in [0.5, 0.6) is 11.5 Å². The van der Waals surface area contributed by atoms with Crippen molar-refractivity contribution in [2.75, 3.05) is 38.7 Å². The van der Waals surface area contributed by atoms with E-state index in [2.05, 4.69) is 44.8 Å². The van der Waals surface area contributed by atoms with Gasteiger partial charge in [0, 0.05) is 32.6 Å². The average Bonchev–Trinajstić information content (AvgIpc) is 3.37. The molecule has 2 unspecified atom stereocenters. The fraction of sp³-hybridized carbons (Fsp3) is 0.409. The Labute approximate surface area is 189 Å². The summed E-state index contributed by atoms with van der Waals surface area (Å²) < 4.78 is 11.5. The van der Waals surface area contributed by atoms with E-state index >= 15 is 0 Å². The van der Waals surface area contributed by atoms with E-state index in [0.717, 1.165) is 55.6 Å². The van der Waals surface area contributed by atoms with Crippen molar-refractivity contribution < 1.29 is 9.47 Å². The summed E-state index contributed by atoms with van der Waals surface area (Å²) in [5.74, 6) is 2.75. The highest BCUT2D eigenvalue weighted by Gasteiger charge is 2.26. The summed E-state index contributed by atoms with van der Waals surface area (Å²) >= 11 is 0. The molecule has 2 aromatic rings. The average molecular weight is 508 g/mol. The molecule has 2 aliphatic rings. The normalized spacial score (nSPS) is 20.5. The van der Waals surface area contributed by atoms with Crippen LogP contribution in [0.3, 0.4) is 0 Å². The van der Waals surface area contributed by atoms with Crippen LogP contribution in [0.2, 0.25) is 0 Å². The number of ether oxygens (including phenoxy) is 2. The van der Waals surface area contributed by atoms with Gasteiger partial charge >= 0.3 is 0 Å². The third-order valence-corrected chi connectivity index (χ3v) is 5.39. The Kier molecular flexibility index (Phi) is 7.46. The molecule has 0 aliphatic carbocycles. The Hall–Kier alpha value is -2.16. The standard InChI is InChI=1S/C22H28N4O2.HI/c1-23-22(24-14-18-13-16-7-3-5-9-20(16)28-18)25-17-11-12-26(15-17)19-8-4-6-10-21(19)27-2;/h3-10,17-18H,11-15H2,1-2H3,(H2,23,24,25);1H. The minimum absolute atomic E-state index is 0. The smallest absolute Gasteiger partial charge is 0.191 e. The number of rotatable bonds is 5. The molecule has 0 amide bonds. The fourth-order valence-electron chi connectivity index (χ4n) is 3.95. The maximum Gasteiger partial charge on any atom is 0.191 e. The lowest BCUT2D eigenvalue weighted by molar-refractivity contribution is 0.234. The number of benzene rings is 2. The number of hydrogen-bond donors (Lipinski definition) is 2. The van der Waals surface area contributed by atoms with Crippen molar-refractivity contribution in [1.82, 2.24) is 10.6 Å². The number of aliphatic imine (C=N–C) groups is 1. The zero-order chi connectivity index (χ0) is 19.3. The van der Waals surface area contributed by atoms with Crippen LogP contribution in [0.1, 0.15) is 12.0 Å². The molecule has 156 valence electrons. The van der Waals surface area contributed by atoms with E-state index in [1.54, 1.807) is 7.11 Å². The third kappa shape index (κ3) is 5.07. The summed E-state index contributed by atoms with van der Waals surface area (Å²) in [6.45, 7) is 2.65. The number of nitrogens with one attached hydrogen (secondary N) is 2. The van der Waals surface area contributed by atoms with Crippen LogP contribution in [0, 0.1) is 0 Å². The second kappa shape index (κ2) is 10.0. The number of methoxy groups -OCH3 is 1. The highest BCUT2D eigenvalue weighted by atomic mass is 127. The van der Waals surface area contributed by atoms with Gasteiger partial charge in [-0.1, -0.05) is 30.3 Å². The van der Waals surface area contributed by atoms with E-state index in [0.29, 0.717) is 6.04 Å². The topological polar surface area (TPSA) is 58.1 Å². The van der Waals surface area contributed by atoms with Gasteiger partial charge in [0.1, 0.15) is 17.6 Å². The summed E-state index contributed by atoms with van der Waals surface area (Å²) in [6, 6.07) is 16.8. The van der Waals surface area contributed by atoms with Gasteiger partial charge < -0.3 is 25.0 Å². The number of anilines is 1. The van der Waals surface area contributed by atoms with Gasteiger partial charge in [0.25, 0.3) is 0 Å². The summed E-state index contributed by atoms with van der Waals surface area (Å²) in [7, 11) is 3.53. The Morgan fingerprint density at radius 3 is 2.79 bits per heavy atom. The molecule has 2 aromatic carbocycles. The van der Waals surface area contributed by atoms with Gasteiger partial charge in [-0.3, -0.25) is 4.99 Å². The predicted molar refractivity (Wildman–Crippen MR) is 128 cm³/mol. The van der Waals surface area contributed by atoms with Crippen molar-refractivity contribution in [3.8, 4) is 11.5 Å². The van der Waals surface area contributed by atoms with Crippen LogP contribution in [0.25, 0.3) is 0 Å². The number of hydrogen-bond acceptors (Lipinski definition) is 4. The summed E-state index contributed by atoms with van der Waals surface area (Å²) in [5.41, 5.74) is 2.43. The maximum absolute atomic E-state index is 6.00. The highest BCUT2D eigenvalue weighted by molar-refractivity contribution is 14.0. The minimum atomic E-state index is 0. The van der Waals surface area contributed by atoms with Crippen LogP contribution in [0.4, 0.5) is 5.69 Å². The van der Waals surface area contributed by atoms with Crippen LogP contribution < -0.4 is 25.0 Å². The van der Waals surface area contributed by atoms with Gasteiger partial charge in [-0.15, -0.1) is 24.0 Å². The largest absolute Gasteiger partial charge is 0.495 e. The molecule has 29 heavy (non-hydrogen) atoms. The minimum Gasteiger partial charge on any atom is -0.495 e. The number of para-hydroxylation sites is 3. The van der Waals surface area contributed by atoms with Crippen molar-refractivity contribution in [1.29, 1.82) is 0 Å². The zero-order valence-electron chi connectivity index (χ0n) is 16.9. The first kappa shape index (κ1) is 21.5. The van der Waals surface area contributed by atoms with Gasteiger partial charge in [-0.2, -0.15) is 0 Å². The molecule has 1 saturated heterocycles. The molecule has 2 heterocycles. The van der Waals surface area contributed by atoms with Crippen LogP contribution in [0.15, 0.2) is 53.5 Å². The molecular weight excluding hydrogens is 479 g/mol. The van der Waals surface area contributed by atoms with E-state index in [4.69, 9.17) is 9.47 Å². The van der Waals surface area contributed by atoms with E-state index in [-0.39, 0.29) is 30.1 Å². The molecule has 0 radical (unpaired) electrons. The molecular formula is C22H29IN4O2. The van der Waals surface area contributed by atoms with E-state index in [1.165, 1.54) is 5.56 Å². The number of fused-ring (bicyclic) bond motifs is 1. The summed E-state index contributed by atoms with van der Waals surface area (Å²) in [5, 5.41) is 6.97. The SMILES string of the molecule is CN=C(NCC1Cc2ccccc2O1)NC1CCN(c2ccccc2OC)C1.I. The Morgan fingerprint density at radius 1 is 1.21 bits per heavy atom. The lowest BCUT2D eigenvalue weighted by Crippen LogP contribution is -2.47. The molecule has 2 aliphatic heterocycles. The van der Waals surface area contributed by atoms with Crippen molar-refractivity contribution >= 4 is 35.6 Å². The summed E-state index contributed by atoms with van der Waals surface area (Å²) in [4.78, 5) is 6.75. The molecule has 0 saturated carbocycles. The predicted octanol–water partition coefficient (Wildman–Crippen LogP) is 3.06. The monoisotopic (exact) mass is 508 g/mol. The van der Waals surface area contributed by atoms with Gasteiger partial charge in [0.15, 0.2) is 5.96 Å². The van der Waals surface area contributed by atoms with Gasteiger partial charge in [-0.25, -0.2) is 0 Å². The summed E-state index contributed by atoms with van der Waals surface area (Å²) in [6.07, 6.45) is 2.14. The molecule has 6 nitrogen and oxygen atoms in total. The Balaban J connectivity index is 0.00000240. The zero-order valence-corrected chi connectivity index (χ0v) is 19.3. The van der Waals surface area contributed by atoms with E-state index < -0.39 is 0 Å². The maximum atomic E-state index is 6.00. The second-order valence-corrected chi connectivity index (χ2v) is 7.25. The molecule has 4 rings (SSSR count). The van der Waals surface area contributed by atoms with Crippen molar-refractivity contribution in [3.63, 3.8) is 0 Å². The lowest BCUT2D eigenvalue weighted by atomic mass is 10.1. The first-order chi connectivity index (χ1) is 13.8. The van der Waals surface area contributed by atoms with Crippen LogP contribution in [-0.2, 0) is 6.42 Å². The van der Waals surface area contributed by atoms with Crippen LogP contribution >= 0.6 is 24.0 Å². The van der Waals surface area contributed by atoms with E-state index in [1.807, 2.05) is 31.3 Å². The molecule has 0 aromatic heterocycles. The quantitative estimate of drug-likeness (QED) is 0.370. The molecule has 1 fully saturated rings. The number of guanidine groups is 1. The van der Waals surface area contributed by atoms with E-state index in [9.17, 15) is 0 Å². The van der Waals surface area contributed by atoms with Gasteiger partial charge in [0.05, 0.1) is 19.3 Å². The number of nitrogens with zero attached hydrogens (tertiary/aromatic N) is 2. The molecule has 7 heteroatoms. The molecule has 0 spiro atoms. The van der Waals surface area contributed by atoms with Crippen molar-refractivity contribution in [2.24, 2.45) is 4.99 Å². The second-order valence-electron chi connectivity index (χ2n) is 7.25. The molecule has 2 N–H and O–H groups in total. The fourth-order valence-corrected chi connectivity index (χ4v) is 3.95. The molecule has 0 bridgehead atoms. The lowest BCUT2D eigenvalue weighted by Gasteiger charge is -2.22. The van der Waals surface area contributed by atoms with Crippen LogP contribution in [-0.4, -0.2) is 51.9 Å².